The fraction of sp³-hybridized carbons (Fsp3) is 0.231. The van der Waals surface area contributed by atoms with Gasteiger partial charge in [-0.15, -0.1) is 0 Å². The van der Waals surface area contributed by atoms with Crippen molar-refractivity contribution < 1.29 is 4.74 Å². The molecule has 0 saturated carbocycles. The molecule has 1 N–H and O–H groups in total. The van der Waals surface area contributed by atoms with Gasteiger partial charge in [-0.25, -0.2) is 0 Å². The fourth-order valence-corrected chi connectivity index (χ4v) is 1.77. The molecule has 2 aromatic rings. The minimum atomic E-state index is 0.625. The van der Waals surface area contributed by atoms with Crippen molar-refractivity contribution in [1.29, 1.82) is 0 Å². The molecular weight excluding hydrogens is 232 g/mol. The van der Waals surface area contributed by atoms with Gasteiger partial charge in [0, 0.05) is 18.0 Å². The van der Waals surface area contributed by atoms with Crippen LogP contribution in [0.15, 0.2) is 36.7 Å². The molecule has 0 aliphatic heterocycles. The van der Waals surface area contributed by atoms with Gasteiger partial charge in [-0.3, -0.25) is 4.98 Å². The highest BCUT2D eigenvalue weighted by molar-refractivity contribution is 7.71. The monoisotopic (exact) mass is 246 g/mol. The number of hydrogen-bond donors (Lipinski definition) is 1. The Labute approximate surface area is 105 Å². The molecule has 1 heterocycles. The van der Waals surface area contributed by atoms with Crippen molar-refractivity contribution in [1.82, 2.24) is 9.97 Å². The van der Waals surface area contributed by atoms with Crippen molar-refractivity contribution in [3.05, 3.63) is 41.3 Å². The summed E-state index contributed by atoms with van der Waals surface area (Å²) in [7, 11) is 0. The summed E-state index contributed by atoms with van der Waals surface area (Å²) in [6, 6.07) is 7.81. The summed E-state index contributed by atoms with van der Waals surface area (Å²) in [5.41, 5.74) is 1.69. The summed E-state index contributed by atoms with van der Waals surface area (Å²) < 4.78 is 6.32. The first-order chi connectivity index (χ1) is 8.33. The molecule has 0 unspecified atom stereocenters. The lowest BCUT2D eigenvalue weighted by Gasteiger charge is -2.09. The molecule has 0 fully saturated rings. The van der Waals surface area contributed by atoms with Gasteiger partial charge in [0.25, 0.3) is 0 Å². The first kappa shape index (κ1) is 11.8. The predicted octanol–water partition coefficient (Wildman–Crippen LogP) is 3.59. The van der Waals surface area contributed by atoms with Gasteiger partial charge >= 0.3 is 0 Å². The minimum Gasteiger partial charge on any atom is -0.493 e. The van der Waals surface area contributed by atoms with Crippen LogP contribution in [-0.2, 0) is 0 Å². The van der Waals surface area contributed by atoms with E-state index in [1.807, 2.05) is 24.3 Å². The summed E-state index contributed by atoms with van der Waals surface area (Å²) in [6.45, 7) is 2.77. The number of nitrogens with one attached hydrogen (secondary N) is 1. The Hall–Kier alpha value is -1.68. The van der Waals surface area contributed by atoms with E-state index in [1.165, 1.54) is 0 Å². The van der Waals surface area contributed by atoms with Crippen LogP contribution in [0.25, 0.3) is 11.3 Å². The standard InChI is InChI=1S/C13H14N2OS/c1-2-9-16-11-6-4-3-5-10(11)12-13(17)15-8-7-14-12/h3-8H,2,9H2,1H3,(H,15,17). The number of para-hydroxylation sites is 1. The van der Waals surface area contributed by atoms with E-state index in [-0.39, 0.29) is 0 Å². The lowest BCUT2D eigenvalue weighted by molar-refractivity contribution is 0.318. The van der Waals surface area contributed by atoms with E-state index in [4.69, 9.17) is 17.0 Å². The smallest absolute Gasteiger partial charge is 0.130 e. The second-order valence-electron chi connectivity index (χ2n) is 3.61. The van der Waals surface area contributed by atoms with Crippen molar-refractivity contribution in [2.75, 3.05) is 6.61 Å². The van der Waals surface area contributed by atoms with E-state index < -0.39 is 0 Å². The van der Waals surface area contributed by atoms with Crippen LogP contribution in [0, 0.1) is 4.64 Å². The Balaban J connectivity index is 2.45. The largest absolute Gasteiger partial charge is 0.493 e. The van der Waals surface area contributed by atoms with Crippen molar-refractivity contribution in [2.45, 2.75) is 13.3 Å². The van der Waals surface area contributed by atoms with Gasteiger partial charge in [0.15, 0.2) is 0 Å². The zero-order valence-electron chi connectivity index (χ0n) is 9.64. The highest BCUT2D eigenvalue weighted by atomic mass is 32.1. The summed E-state index contributed by atoms with van der Waals surface area (Å²) in [6.07, 6.45) is 4.40. The molecule has 0 amide bonds. The van der Waals surface area contributed by atoms with Crippen LogP contribution in [0.5, 0.6) is 5.75 Å². The molecule has 0 atom stereocenters. The molecule has 1 aromatic heterocycles. The Bertz CT molecular complexity index is 551. The zero-order chi connectivity index (χ0) is 12.1. The third-order valence-electron chi connectivity index (χ3n) is 2.31. The molecule has 0 aliphatic rings. The SMILES string of the molecule is CCCOc1ccccc1-c1ncc[nH]c1=S. The zero-order valence-corrected chi connectivity index (χ0v) is 10.5. The van der Waals surface area contributed by atoms with Crippen molar-refractivity contribution in [3.8, 4) is 17.0 Å². The molecule has 3 nitrogen and oxygen atoms in total. The van der Waals surface area contributed by atoms with Gasteiger partial charge in [0.1, 0.15) is 16.1 Å². The van der Waals surface area contributed by atoms with E-state index in [2.05, 4.69) is 16.9 Å². The van der Waals surface area contributed by atoms with Crippen LogP contribution in [0.4, 0.5) is 0 Å². The Morgan fingerprint density at radius 2 is 2.18 bits per heavy atom. The molecule has 2 rings (SSSR count). The maximum atomic E-state index is 5.70. The number of aromatic amines is 1. The topological polar surface area (TPSA) is 37.9 Å². The number of rotatable bonds is 4. The summed E-state index contributed by atoms with van der Waals surface area (Å²) in [5, 5.41) is 0. The lowest BCUT2D eigenvalue weighted by atomic mass is 10.1. The van der Waals surface area contributed by atoms with E-state index in [0.29, 0.717) is 11.2 Å². The first-order valence-corrected chi connectivity index (χ1v) is 5.99. The number of hydrogen-bond acceptors (Lipinski definition) is 3. The highest BCUT2D eigenvalue weighted by Crippen LogP contribution is 2.28. The van der Waals surface area contributed by atoms with Crippen molar-refractivity contribution >= 4 is 12.2 Å². The van der Waals surface area contributed by atoms with Crippen LogP contribution in [0.2, 0.25) is 0 Å². The van der Waals surface area contributed by atoms with E-state index in [9.17, 15) is 0 Å². The Morgan fingerprint density at radius 3 is 2.94 bits per heavy atom. The Morgan fingerprint density at radius 1 is 1.35 bits per heavy atom. The van der Waals surface area contributed by atoms with Gasteiger partial charge in [0.05, 0.1) is 6.61 Å². The number of H-pyrrole nitrogens is 1. The number of nitrogens with zero attached hydrogens (tertiary/aromatic N) is 1. The minimum absolute atomic E-state index is 0.625. The molecular formula is C13H14N2OS. The van der Waals surface area contributed by atoms with Gasteiger partial charge in [-0.1, -0.05) is 31.3 Å². The normalized spacial score (nSPS) is 10.2. The van der Waals surface area contributed by atoms with Gasteiger partial charge in [-0.2, -0.15) is 0 Å². The molecule has 0 spiro atoms. The van der Waals surface area contributed by atoms with E-state index >= 15 is 0 Å². The quantitative estimate of drug-likeness (QED) is 0.838. The summed E-state index contributed by atoms with van der Waals surface area (Å²) in [5.74, 6) is 0.826. The van der Waals surface area contributed by atoms with Crippen molar-refractivity contribution in [2.24, 2.45) is 0 Å². The average Bonchev–Trinajstić information content (AvgIpc) is 2.37. The number of ether oxygens (including phenoxy) is 1. The van der Waals surface area contributed by atoms with Crippen LogP contribution >= 0.6 is 12.2 Å². The van der Waals surface area contributed by atoms with Crippen LogP contribution in [-0.4, -0.2) is 16.6 Å². The van der Waals surface area contributed by atoms with Crippen molar-refractivity contribution in [3.63, 3.8) is 0 Å². The number of benzene rings is 1. The fourth-order valence-electron chi connectivity index (χ4n) is 1.54. The molecule has 0 aliphatic carbocycles. The van der Waals surface area contributed by atoms with Gasteiger partial charge in [-0.05, 0) is 18.6 Å². The first-order valence-electron chi connectivity index (χ1n) is 5.59. The third-order valence-corrected chi connectivity index (χ3v) is 2.62. The van der Waals surface area contributed by atoms with E-state index in [0.717, 1.165) is 23.4 Å². The second kappa shape index (κ2) is 5.59. The maximum Gasteiger partial charge on any atom is 0.130 e. The highest BCUT2D eigenvalue weighted by Gasteiger charge is 2.08. The molecule has 17 heavy (non-hydrogen) atoms. The number of aromatic nitrogens is 2. The maximum absolute atomic E-state index is 5.70. The van der Waals surface area contributed by atoms with Gasteiger partial charge in [0.2, 0.25) is 0 Å². The third kappa shape index (κ3) is 2.71. The van der Waals surface area contributed by atoms with Crippen LogP contribution in [0.1, 0.15) is 13.3 Å². The molecule has 4 heteroatoms. The summed E-state index contributed by atoms with van der Waals surface area (Å²) >= 11 is 5.23. The predicted molar refractivity (Wildman–Crippen MR) is 70.6 cm³/mol. The van der Waals surface area contributed by atoms with Gasteiger partial charge < -0.3 is 9.72 Å². The molecule has 1 aromatic carbocycles. The molecule has 0 radical (unpaired) electrons. The lowest BCUT2D eigenvalue weighted by Crippen LogP contribution is -1.98. The van der Waals surface area contributed by atoms with Crippen LogP contribution in [0.3, 0.4) is 0 Å². The molecule has 88 valence electrons. The second-order valence-corrected chi connectivity index (χ2v) is 4.02. The molecule has 0 saturated heterocycles. The van der Waals surface area contributed by atoms with E-state index in [1.54, 1.807) is 12.4 Å². The Kier molecular flexibility index (Phi) is 3.88. The summed E-state index contributed by atoms with van der Waals surface area (Å²) in [4.78, 5) is 7.28. The molecule has 0 bridgehead atoms. The average molecular weight is 246 g/mol. The van der Waals surface area contributed by atoms with Crippen LogP contribution < -0.4 is 4.74 Å².